The molecular formula is C18H32Br2O4. The molecule has 0 saturated heterocycles. The Bertz CT molecular complexity index is 346. The minimum atomic E-state index is -0.233. The first-order valence-corrected chi connectivity index (χ1v) is 10.9. The molecule has 142 valence electrons. The molecule has 0 amide bonds. The summed E-state index contributed by atoms with van der Waals surface area (Å²) in [6, 6.07) is 0. The number of halogens is 2. The van der Waals surface area contributed by atoms with Crippen molar-refractivity contribution in [2.75, 3.05) is 6.61 Å². The smallest absolute Gasteiger partial charge is 0.319 e. The minimum Gasteiger partial charge on any atom is -0.465 e. The molecule has 0 N–H and O–H groups in total. The third-order valence-electron chi connectivity index (χ3n) is 3.80. The van der Waals surface area contributed by atoms with Crippen molar-refractivity contribution in [3.05, 3.63) is 0 Å². The van der Waals surface area contributed by atoms with E-state index in [0.29, 0.717) is 6.61 Å². The van der Waals surface area contributed by atoms with Crippen LogP contribution in [0.3, 0.4) is 0 Å². The summed E-state index contributed by atoms with van der Waals surface area (Å²) in [6.45, 7) is 6.13. The summed E-state index contributed by atoms with van der Waals surface area (Å²) in [5, 5.41) is 0. The topological polar surface area (TPSA) is 52.6 Å². The monoisotopic (exact) mass is 470 g/mol. The fraction of sp³-hybridized carbons (Fsp3) is 0.889. The Morgan fingerprint density at radius 1 is 0.833 bits per heavy atom. The second-order valence-electron chi connectivity index (χ2n) is 6.13. The molecule has 0 heterocycles. The highest BCUT2D eigenvalue weighted by atomic mass is 79.9. The summed E-state index contributed by atoms with van der Waals surface area (Å²) in [5.41, 5.74) is 0. The van der Waals surface area contributed by atoms with E-state index in [4.69, 9.17) is 9.47 Å². The lowest BCUT2D eigenvalue weighted by Gasteiger charge is -2.17. The van der Waals surface area contributed by atoms with Crippen molar-refractivity contribution in [1.29, 1.82) is 0 Å². The summed E-state index contributed by atoms with van der Waals surface area (Å²) < 4.78 is 10.5. The normalized spacial score (nSPS) is 14.7. The van der Waals surface area contributed by atoms with E-state index in [1.807, 2.05) is 0 Å². The average molecular weight is 472 g/mol. The lowest BCUT2D eigenvalue weighted by molar-refractivity contribution is -0.148. The van der Waals surface area contributed by atoms with Gasteiger partial charge in [-0.2, -0.15) is 0 Å². The molecule has 0 aliphatic heterocycles. The molecule has 0 aliphatic rings. The summed E-state index contributed by atoms with van der Waals surface area (Å²) in [7, 11) is 0. The van der Waals surface area contributed by atoms with Crippen molar-refractivity contribution >= 4 is 43.8 Å². The van der Waals surface area contributed by atoms with Crippen molar-refractivity contribution in [2.45, 2.75) is 94.3 Å². The Balaban J connectivity index is 3.46. The van der Waals surface area contributed by atoms with E-state index in [1.165, 1.54) is 25.7 Å². The summed E-state index contributed by atoms with van der Waals surface area (Å²) in [5.74, 6) is -0.354. The maximum Gasteiger partial charge on any atom is 0.319 e. The Kier molecular flexibility index (Phi) is 15.1. The molecule has 0 aromatic rings. The number of alkyl halides is 2. The molecule has 0 rings (SSSR count). The molecule has 0 aromatic carbocycles. The van der Waals surface area contributed by atoms with Gasteiger partial charge in [0.15, 0.2) is 0 Å². The van der Waals surface area contributed by atoms with Gasteiger partial charge in [0, 0.05) is 0 Å². The van der Waals surface area contributed by atoms with Crippen molar-refractivity contribution < 1.29 is 19.1 Å². The number of unbranched alkanes of at least 4 members (excludes halogenated alkanes) is 6. The van der Waals surface area contributed by atoms with Gasteiger partial charge in [0.2, 0.25) is 0 Å². The van der Waals surface area contributed by atoms with Crippen molar-refractivity contribution in [3.63, 3.8) is 0 Å². The van der Waals surface area contributed by atoms with Crippen molar-refractivity contribution in [3.8, 4) is 0 Å². The van der Waals surface area contributed by atoms with E-state index in [2.05, 4.69) is 38.8 Å². The van der Waals surface area contributed by atoms with Gasteiger partial charge in [-0.1, -0.05) is 70.9 Å². The second kappa shape index (κ2) is 15.2. The highest BCUT2D eigenvalue weighted by molar-refractivity contribution is 9.10. The van der Waals surface area contributed by atoms with Crippen LogP contribution in [-0.4, -0.2) is 34.3 Å². The number of ether oxygens (including phenoxy) is 2. The predicted octanol–water partition coefficient (Wildman–Crippen LogP) is 5.54. The Morgan fingerprint density at radius 2 is 1.33 bits per heavy atom. The molecule has 4 nitrogen and oxygen atoms in total. The van der Waals surface area contributed by atoms with Crippen molar-refractivity contribution in [2.24, 2.45) is 0 Å². The highest BCUT2D eigenvalue weighted by Gasteiger charge is 2.16. The molecule has 0 aliphatic carbocycles. The van der Waals surface area contributed by atoms with Crippen LogP contribution in [0.15, 0.2) is 0 Å². The first-order valence-electron chi connectivity index (χ1n) is 9.03. The van der Waals surface area contributed by atoms with E-state index < -0.39 is 0 Å². The first kappa shape index (κ1) is 23.9. The van der Waals surface area contributed by atoms with Gasteiger partial charge in [-0.15, -0.1) is 0 Å². The zero-order valence-electron chi connectivity index (χ0n) is 15.2. The molecule has 0 aromatic heterocycles. The zero-order valence-corrected chi connectivity index (χ0v) is 18.4. The SMILES string of the molecule is CCC(CCCCCCCCCOC(=O)C(C)Br)OC(=O)C(C)Br. The highest BCUT2D eigenvalue weighted by Crippen LogP contribution is 2.15. The van der Waals surface area contributed by atoms with E-state index in [0.717, 1.165) is 32.1 Å². The van der Waals surface area contributed by atoms with Gasteiger partial charge in [-0.05, 0) is 39.5 Å². The molecule has 0 saturated carbocycles. The summed E-state index contributed by atoms with van der Waals surface area (Å²) in [4.78, 5) is 22.3. The number of hydrogen-bond acceptors (Lipinski definition) is 4. The lowest BCUT2D eigenvalue weighted by Crippen LogP contribution is -2.22. The number of hydrogen-bond donors (Lipinski definition) is 0. The van der Waals surface area contributed by atoms with Gasteiger partial charge in [0.1, 0.15) is 15.8 Å². The standard InChI is InChI=1S/C18H32Br2O4/c1-4-16(24-18(22)15(3)20)12-10-8-6-5-7-9-11-13-23-17(21)14(2)19/h14-16H,4-13H2,1-3H3. The maximum atomic E-state index is 11.5. The first-order chi connectivity index (χ1) is 11.4. The van der Waals surface area contributed by atoms with Crippen LogP contribution in [0.1, 0.15) is 78.6 Å². The van der Waals surface area contributed by atoms with Crippen molar-refractivity contribution in [1.82, 2.24) is 0 Å². The van der Waals surface area contributed by atoms with Gasteiger partial charge < -0.3 is 9.47 Å². The van der Waals surface area contributed by atoms with E-state index in [1.54, 1.807) is 13.8 Å². The van der Waals surface area contributed by atoms with Crippen LogP contribution in [0.2, 0.25) is 0 Å². The number of carbonyl (C=O) groups excluding carboxylic acids is 2. The Hall–Kier alpha value is -0.100. The van der Waals surface area contributed by atoms with Gasteiger partial charge in [0.25, 0.3) is 0 Å². The van der Waals surface area contributed by atoms with E-state index >= 15 is 0 Å². The van der Waals surface area contributed by atoms with Gasteiger partial charge >= 0.3 is 11.9 Å². The van der Waals surface area contributed by atoms with Gasteiger partial charge in [0.05, 0.1) is 6.61 Å². The predicted molar refractivity (Wildman–Crippen MR) is 105 cm³/mol. The van der Waals surface area contributed by atoms with E-state index in [-0.39, 0.29) is 27.7 Å². The molecule has 24 heavy (non-hydrogen) atoms. The van der Waals surface area contributed by atoms with Crippen LogP contribution in [0.4, 0.5) is 0 Å². The van der Waals surface area contributed by atoms with Crippen LogP contribution in [0.25, 0.3) is 0 Å². The zero-order chi connectivity index (χ0) is 18.4. The maximum absolute atomic E-state index is 11.5. The third-order valence-corrected chi connectivity index (χ3v) is 4.55. The molecular weight excluding hydrogens is 440 g/mol. The average Bonchev–Trinajstić information content (AvgIpc) is 2.54. The van der Waals surface area contributed by atoms with Crippen LogP contribution in [-0.2, 0) is 19.1 Å². The van der Waals surface area contributed by atoms with Crippen LogP contribution in [0, 0.1) is 0 Å². The molecule has 0 spiro atoms. The van der Waals surface area contributed by atoms with Gasteiger partial charge in [-0.3, -0.25) is 9.59 Å². The Labute approximate surface area is 163 Å². The van der Waals surface area contributed by atoms with Crippen LogP contribution < -0.4 is 0 Å². The Morgan fingerprint density at radius 3 is 1.83 bits per heavy atom. The van der Waals surface area contributed by atoms with Crippen LogP contribution in [0.5, 0.6) is 0 Å². The summed E-state index contributed by atoms with van der Waals surface area (Å²) >= 11 is 6.42. The van der Waals surface area contributed by atoms with E-state index in [9.17, 15) is 9.59 Å². The number of rotatable bonds is 14. The van der Waals surface area contributed by atoms with Gasteiger partial charge in [-0.25, -0.2) is 0 Å². The molecule has 6 heteroatoms. The quantitative estimate of drug-likeness (QED) is 0.189. The number of esters is 2. The van der Waals surface area contributed by atoms with Crippen LogP contribution >= 0.6 is 31.9 Å². The second-order valence-corrected chi connectivity index (χ2v) is 8.88. The third kappa shape index (κ3) is 13.2. The minimum absolute atomic E-state index is 0.0454. The molecule has 3 unspecified atom stereocenters. The largest absolute Gasteiger partial charge is 0.465 e. The molecule has 0 bridgehead atoms. The fourth-order valence-corrected chi connectivity index (χ4v) is 2.49. The molecule has 0 radical (unpaired) electrons. The lowest BCUT2D eigenvalue weighted by atomic mass is 10.1. The molecule has 3 atom stereocenters. The number of carbonyl (C=O) groups is 2. The molecule has 0 fully saturated rings. The summed E-state index contributed by atoms with van der Waals surface area (Å²) in [6.07, 6.45) is 9.76. The fourth-order valence-electron chi connectivity index (χ4n) is 2.25.